The highest BCUT2D eigenvalue weighted by molar-refractivity contribution is 6.36. The van der Waals surface area contributed by atoms with Crippen LogP contribution in [0, 0.1) is 5.92 Å². The van der Waals surface area contributed by atoms with Crippen LogP contribution >= 0.6 is 23.2 Å². The molecule has 1 heterocycles. The highest BCUT2D eigenvalue weighted by atomic mass is 35.5. The zero-order valence-corrected chi connectivity index (χ0v) is 20.0. The lowest BCUT2D eigenvalue weighted by Crippen LogP contribution is -2.43. The van der Waals surface area contributed by atoms with Crippen LogP contribution in [0.15, 0.2) is 42.5 Å². The van der Waals surface area contributed by atoms with Crippen LogP contribution < -0.4 is 5.43 Å². The van der Waals surface area contributed by atoms with Gasteiger partial charge in [0, 0.05) is 22.6 Å². The number of esters is 1. The van der Waals surface area contributed by atoms with Crippen LogP contribution in [-0.2, 0) is 19.7 Å². The van der Waals surface area contributed by atoms with Gasteiger partial charge in [-0.1, -0.05) is 56.1 Å². The second-order valence-corrected chi connectivity index (χ2v) is 9.67. The van der Waals surface area contributed by atoms with Gasteiger partial charge in [0.05, 0.1) is 17.5 Å². The predicted octanol–water partition coefficient (Wildman–Crippen LogP) is 4.21. The number of nitrogens with one attached hydrogen (secondary N) is 1. The Hall–Kier alpha value is -2.90. The van der Waals surface area contributed by atoms with Crippen molar-refractivity contribution in [3.63, 3.8) is 0 Å². The Morgan fingerprint density at radius 2 is 1.76 bits per heavy atom. The van der Waals surface area contributed by atoms with E-state index in [1.807, 2.05) is 12.1 Å². The molecule has 2 aromatic rings. The van der Waals surface area contributed by atoms with Gasteiger partial charge in [0.25, 0.3) is 5.91 Å². The van der Waals surface area contributed by atoms with E-state index in [1.165, 1.54) is 18.2 Å². The van der Waals surface area contributed by atoms with Crippen molar-refractivity contribution < 1.29 is 23.9 Å². The summed E-state index contributed by atoms with van der Waals surface area (Å²) in [7, 11) is 0. The number of nitrogens with zero attached hydrogens (tertiary/aromatic N) is 1. The molecule has 1 saturated heterocycles. The number of benzene rings is 2. The first-order valence-corrected chi connectivity index (χ1v) is 11.1. The smallest absolute Gasteiger partial charge is 0.311 e. The van der Waals surface area contributed by atoms with Crippen molar-refractivity contribution in [3.8, 4) is 0 Å². The molecule has 1 atom stereocenters. The Kier molecular flexibility index (Phi) is 7.44. The van der Waals surface area contributed by atoms with Crippen molar-refractivity contribution in [1.29, 1.82) is 0 Å². The van der Waals surface area contributed by atoms with Crippen LogP contribution in [0.3, 0.4) is 0 Å². The number of carbonyl (C=O) groups is 4. The number of halogens is 2. The SMILES string of the molecule is CC(C)(C)c1ccc(C(=O)NN2C[C@@H](C(=O)OCC(=O)c3ccc(Cl)cc3Cl)CC2=O)cc1. The first-order chi connectivity index (χ1) is 15.5. The molecule has 0 radical (unpaired) electrons. The fourth-order valence-corrected chi connectivity index (χ4v) is 3.84. The minimum Gasteiger partial charge on any atom is -0.457 e. The van der Waals surface area contributed by atoms with Gasteiger partial charge in [-0.15, -0.1) is 0 Å². The maximum absolute atomic E-state index is 12.5. The van der Waals surface area contributed by atoms with Gasteiger partial charge in [0.2, 0.25) is 11.7 Å². The molecule has 1 fully saturated rings. The molecule has 2 aromatic carbocycles. The normalized spacial score (nSPS) is 16.0. The number of amides is 2. The number of hydrogen-bond donors (Lipinski definition) is 1. The third-order valence-electron chi connectivity index (χ3n) is 5.29. The van der Waals surface area contributed by atoms with Gasteiger partial charge in [-0.25, -0.2) is 0 Å². The molecule has 1 aliphatic heterocycles. The summed E-state index contributed by atoms with van der Waals surface area (Å²) in [5.74, 6) is -2.85. The maximum atomic E-state index is 12.5. The zero-order chi connectivity index (χ0) is 24.3. The van der Waals surface area contributed by atoms with Gasteiger partial charge in [0.15, 0.2) is 6.61 Å². The number of carbonyl (C=O) groups excluding carboxylic acids is 4. The molecule has 174 valence electrons. The zero-order valence-electron chi connectivity index (χ0n) is 18.5. The molecule has 2 amide bonds. The number of ketones is 1. The molecule has 0 unspecified atom stereocenters. The minimum atomic E-state index is -0.797. The Morgan fingerprint density at radius 3 is 2.36 bits per heavy atom. The van der Waals surface area contributed by atoms with E-state index in [4.69, 9.17) is 27.9 Å². The van der Waals surface area contributed by atoms with Crippen LogP contribution in [-0.4, -0.2) is 41.7 Å². The monoisotopic (exact) mass is 490 g/mol. The van der Waals surface area contributed by atoms with Gasteiger partial charge in [-0.3, -0.25) is 29.6 Å². The van der Waals surface area contributed by atoms with Gasteiger partial charge in [-0.05, 0) is 41.3 Å². The van der Waals surface area contributed by atoms with Gasteiger partial charge >= 0.3 is 5.97 Å². The van der Waals surface area contributed by atoms with Crippen molar-refractivity contribution >= 4 is 46.8 Å². The summed E-state index contributed by atoms with van der Waals surface area (Å²) in [5, 5.41) is 1.64. The number of hydrazine groups is 1. The van der Waals surface area contributed by atoms with E-state index in [1.54, 1.807) is 12.1 Å². The summed E-state index contributed by atoms with van der Waals surface area (Å²) < 4.78 is 5.09. The van der Waals surface area contributed by atoms with E-state index in [9.17, 15) is 19.2 Å². The van der Waals surface area contributed by atoms with E-state index >= 15 is 0 Å². The summed E-state index contributed by atoms with van der Waals surface area (Å²) in [6.45, 7) is 5.65. The molecule has 0 saturated carbocycles. The first kappa shape index (κ1) is 24.7. The fraction of sp³-hybridized carbons (Fsp3) is 0.333. The van der Waals surface area contributed by atoms with Crippen LogP contribution in [0.5, 0.6) is 0 Å². The first-order valence-electron chi connectivity index (χ1n) is 10.3. The molecule has 0 aliphatic carbocycles. The third kappa shape index (κ3) is 6.12. The highest BCUT2D eigenvalue weighted by Gasteiger charge is 2.37. The van der Waals surface area contributed by atoms with Crippen molar-refractivity contribution in [1.82, 2.24) is 10.4 Å². The van der Waals surface area contributed by atoms with Crippen LogP contribution in [0.1, 0.15) is 53.5 Å². The molecule has 0 bridgehead atoms. The molecular weight excluding hydrogens is 467 g/mol. The van der Waals surface area contributed by atoms with Crippen molar-refractivity contribution in [2.24, 2.45) is 5.92 Å². The fourth-order valence-electron chi connectivity index (χ4n) is 3.33. The lowest BCUT2D eigenvalue weighted by atomic mass is 9.87. The van der Waals surface area contributed by atoms with Gasteiger partial charge < -0.3 is 4.74 Å². The van der Waals surface area contributed by atoms with E-state index in [2.05, 4.69) is 26.2 Å². The third-order valence-corrected chi connectivity index (χ3v) is 5.83. The van der Waals surface area contributed by atoms with E-state index < -0.39 is 36.1 Å². The molecule has 1 N–H and O–H groups in total. The Morgan fingerprint density at radius 1 is 1.09 bits per heavy atom. The second kappa shape index (κ2) is 9.93. The summed E-state index contributed by atoms with van der Waals surface area (Å²) in [4.78, 5) is 49.5. The second-order valence-electron chi connectivity index (χ2n) is 8.83. The van der Waals surface area contributed by atoms with E-state index in [0.29, 0.717) is 10.6 Å². The largest absolute Gasteiger partial charge is 0.457 e. The molecule has 0 aromatic heterocycles. The number of rotatable bonds is 6. The lowest BCUT2D eigenvalue weighted by molar-refractivity contribution is -0.147. The minimum absolute atomic E-state index is 0.0423. The van der Waals surface area contributed by atoms with Gasteiger partial charge in [0.1, 0.15) is 0 Å². The van der Waals surface area contributed by atoms with Crippen molar-refractivity contribution in [2.45, 2.75) is 32.6 Å². The van der Waals surface area contributed by atoms with Crippen LogP contribution in [0.25, 0.3) is 0 Å². The molecule has 9 heteroatoms. The summed E-state index contributed by atoms with van der Waals surface area (Å²) in [5.41, 5.74) is 4.14. The summed E-state index contributed by atoms with van der Waals surface area (Å²) in [6, 6.07) is 11.5. The number of ether oxygens (including phenoxy) is 1. The summed E-state index contributed by atoms with van der Waals surface area (Å²) >= 11 is 11.8. The maximum Gasteiger partial charge on any atom is 0.311 e. The average molecular weight is 491 g/mol. The Balaban J connectivity index is 1.54. The molecular formula is C24H24Cl2N2O5. The van der Waals surface area contributed by atoms with E-state index in [-0.39, 0.29) is 29.0 Å². The number of Topliss-reactive ketones (excluding diaryl/α,β-unsaturated/α-hetero) is 1. The van der Waals surface area contributed by atoms with Crippen molar-refractivity contribution in [2.75, 3.05) is 13.2 Å². The predicted molar refractivity (Wildman–Crippen MR) is 124 cm³/mol. The standard InChI is InChI=1S/C24H24Cl2N2O5/c1-24(2,3)16-6-4-14(5-7-16)22(31)27-28-12-15(10-21(28)30)23(32)33-13-20(29)18-9-8-17(25)11-19(18)26/h4-9,11,15H,10,12-13H2,1-3H3,(H,27,31)/t15-/m0/s1. The highest BCUT2D eigenvalue weighted by Crippen LogP contribution is 2.24. The molecule has 3 rings (SSSR count). The van der Waals surface area contributed by atoms with Gasteiger partial charge in [-0.2, -0.15) is 0 Å². The summed E-state index contributed by atoms with van der Waals surface area (Å²) in [6.07, 6.45) is -0.127. The van der Waals surface area contributed by atoms with Crippen LogP contribution in [0.4, 0.5) is 0 Å². The molecule has 33 heavy (non-hydrogen) atoms. The average Bonchev–Trinajstić information content (AvgIpc) is 3.11. The molecule has 7 nitrogen and oxygen atoms in total. The molecule has 0 spiro atoms. The Bertz CT molecular complexity index is 1090. The van der Waals surface area contributed by atoms with E-state index in [0.717, 1.165) is 10.6 Å². The lowest BCUT2D eigenvalue weighted by Gasteiger charge is -2.20. The Labute approximate surface area is 202 Å². The quantitative estimate of drug-likeness (QED) is 0.483. The molecule has 1 aliphatic rings. The topological polar surface area (TPSA) is 92.8 Å². The number of hydrogen-bond acceptors (Lipinski definition) is 5. The van der Waals surface area contributed by atoms with Crippen molar-refractivity contribution in [3.05, 3.63) is 69.2 Å². The van der Waals surface area contributed by atoms with Crippen LogP contribution in [0.2, 0.25) is 10.0 Å².